The Morgan fingerprint density at radius 3 is 2.15 bits per heavy atom. The fraction of sp³-hybridized carbons (Fsp3) is 0.244. The lowest BCUT2D eigenvalue weighted by molar-refractivity contribution is 0.483. The molecule has 0 radical (unpaired) electrons. The van der Waals surface area contributed by atoms with Crippen LogP contribution in [0, 0.1) is 13.8 Å². The van der Waals surface area contributed by atoms with Crippen LogP contribution in [0.25, 0.3) is 33.4 Å². The van der Waals surface area contributed by atoms with Crippen molar-refractivity contribution >= 4 is 38.1 Å². The lowest BCUT2D eigenvalue weighted by Gasteiger charge is -2.28. The van der Waals surface area contributed by atoms with Crippen molar-refractivity contribution in [2.24, 2.45) is 0 Å². The molecule has 0 saturated carbocycles. The maximum Gasteiger partial charge on any atom is 0.295 e. The first-order valence-corrected chi connectivity index (χ1v) is 18.2. The Kier molecular flexibility index (Phi) is 9.28. The number of benzene rings is 5. The normalized spacial score (nSPS) is 12.5. The highest BCUT2D eigenvalue weighted by Gasteiger charge is 2.26. The minimum atomic E-state index is -4.51. The largest absolute Gasteiger partial charge is 0.456 e. The summed E-state index contributed by atoms with van der Waals surface area (Å²) in [4.78, 5) is 2.16. The molecule has 1 aliphatic carbocycles. The maximum atomic E-state index is 12.7. The van der Waals surface area contributed by atoms with Crippen LogP contribution < -0.4 is 14.8 Å². The molecular formula is C41H43N2O4S+. The molecule has 0 bridgehead atoms. The van der Waals surface area contributed by atoms with E-state index in [0.29, 0.717) is 22.5 Å². The molecule has 0 unspecified atom stereocenters. The van der Waals surface area contributed by atoms with Gasteiger partial charge in [0, 0.05) is 63.3 Å². The quantitative estimate of drug-likeness (QED) is 0.0951. The zero-order chi connectivity index (χ0) is 34.2. The number of fused-ring (bicyclic) bond motifs is 2. The average molecular weight is 660 g/mol. The van der Waals surface area contributed by atoms with E-state index in [4.69, 9.17) is 4.42 Å². The van der Waals surface area contributed by atoms with Crippen LogP contribution in [0.1, 0.15) is 49.9 Å². The molecule has 4 aromatic carbocycles. The first kappa shape index (κ1) is 33.2. The van der Waals surface area contributed by atoms with Crippen LogP contribution in [0.3, 0.4) is 0 Å². The number of nitrogens with zero attached hydrogens (tertiary/aromatic N) is 2. The Morgan fingerprint density at radius 2 is 1.46 bits per heavy atom. The van der Waals surface area contributed by atoms with Crippen molar-refractivity contribution in [3.8, 4) is 22.5 Å². The number of aryl methyl sites for hydroxylation is 4. The molecule has 6 nitrogen and oxygen atoms in total. The third-order valence-corrected chi connectivity index (χ3v) is 10.2. The van der Waals surface area contributed by atoms with E-state index < -0.39 is 10.1 Å². The molecule has 0 fully saturated rings. The number of anilines is 2. The summed E-state index contributed by atoms with van der Waals surface area (Å²) in [7, 11) is -4.51. The summed E-state index contributed by atoms with van der Waals surface area (Å²) in [6.07, 6.45) is 1.81. The Labute approximate surface area is 283 Å². The van der Waals surface area contributed by atoms with Crippen molar-refractivity contribution in [1.82, 2.24) is 4.58 Å². The molecular weight excluding hydrogens is 617 g/mol. The van der Waals surface area contributed by atoms with E-state index in [2.05, 4.69) is 99.5 Å². The SMILES string of the molecule is CCc1cccc(C)c1N(CC)c1ccc2c(-c3ccccc3S(=O)(=O)O)c3ccc(=[N+](CC)c4c(C)cccc4CC)cc-3oc2c1. The number of para-hydroxylation sites is 2. The molecule has 1 N–H and O–H groups in total. The molecule has 4 aromatic rings. The van der Waals surface area contributed by atoms with Crippen molar-refractivity contribution < 1.29 is 17.4 Å². The molecule has 2 aliphatic rings. The van der Waals surface area contributed by atoms with E-state index in [1.54, 1.807) is 18.2 Å². The highest BCUT2D eigenvalue weighted by atomic mass is 32.2. The van der Waals surface area contributed by atoms with Gasteiger partial charge in [0.25, 0.3) is 10.1 Å². The van der Waals surface area contributed by atoms with E-state index >= 15 is 0 Å². The second kappa shape index (κ2) is 13.4. The third kappa shape index (κ3) is 5.93. The molecule has 48 heavy (non-hydrogen) atoms. The highest BCUT2D eigenvalue weighted by Crippen LogP contribution is 2.44. The standard InChI is InChI=1S/C41H42N2O4S/c1-7-29-17-13-15-27(5)40(29)42(9-3)31-21-23-33-36(25-31)47-37-26-32(43(10-4)41-28(6)16-14-18-30(41)8-2)22-24-34(37)39(33)35-19-11-12-20-38(35)48(44,45)46/h11-26H,7-10H2,1-6H3/p+1. The van der Waals surface area contributed by atoms with Gasteiger partial charge in [0.05, 0.1) is 6.07 Å². The molecule has 0 atom stereocenters. The van der Waals surface area contributed by atoms with Gasteiger partial charge in [-0.15, -0.1) is 0 Å². The van der Waals surface area contributed by atoms with Crippen molar-refractivity contribution in [2.75, 3.05) is 18.0 Å². The first-order chi connectivity index (χ1) is 23.1. The van der Waals surface area contributed by atoms with E-state index in [1.807, 2.05) is 24.3 Å². The number of rotatable bonds is 9. The van der Waals surface area contributed by atoms with Crippen LogP contribution in [-0.4, -0.2) is 26.1 Å². The highest BCUT2D eigenvalue weighted by molar-refractivity contribution is 7.86. The summed E-state index contributed by atoms with van der Waals surface area (Å²) >= 11 is 0. The molecule has 0 amide bonds. The topological polar surface area (TPSA) is 73.8 Å². The second-order valence-electron chi connectivity index (χ2n) is 12.2. The van der Waals surface area contributed by atoms with Gasteiger partial charge in [0.15, 0.2) is 0 Å². The van der Waals surface area contributed by atoms with Gasteiger partial charge in [-0.25, -0.2) is 0 Å². The molecule has 1 aliphatic heterocycles. The number of hydrogen-bond donors (Lipinski definition) is 1. The minimum Gasteiger partial charge on any atom is -0.456 e. The summed E-state index contributed by atoms with van der Waals surface area (Å²) in [5.41, 5.74) is 10.8. The second-order valence-corrected chi connectivity index (χ2v) is 13.6. The van der Waals surface area contributed by atoms with E-state index in [9.17, 15) is 13.0 Å². The van der Waals surface area contributed by atoms with Crippen molar-refractivity contribution in [3.63, 3.8) is 0 Å². The van der Waals surface area contributed by atoms with Gasteiger partial charge >= 0.3 is 0 Å². The number of hydrogen-bond acceptors (Lipinski definition) is 4. The lowest BCUT2D eigenvalue weighted by atomic mass is 9.93. The van der Waals surface area contributed by atoms with Crippen LogP contribution in [0.5, 0.6) is 0 Å². The van der Waals surface area contributed by atoms with Crippen LogP contribution in [0.4, 0.5) is 17.1 Å². The fourth-order valence-corrected chi connectivity index (χ4v) is 7.81. The van der Waals surface area contributed by atoms with Crippen molar-refractivity contribution in [3.05, 3.63) is 125 Å². The first-order valence-electron chi connectivity index (χ1n) is 16.7. The fourth-order valence-electron chi connectivity index (χ4n) is 7.11. The maximum absolute atomic E-state index is 12.7. The molecule has 7 heteroatoms. The van der Waals surface area contributed by atoms with Gasteiger partial charge in [0.1, 0.15) is 22.8 Å². The van der Waals surface area contributed by atoms with Crippen LogP contribution in [-0.2, 0) is 23.0 Å². The summed E-state index contributed by atoms with van der Waals surface area (Å²) in [6, 6.07) is 31.7. The summed E-state index contributed by atoms with van der Waals surface area (Å²) in [6.45, 7) is 14.4. The van der Waals surface area contributed by atoms with Gasteiger partial charge in [-0.05, 0) is 75.9 Å². The lowest BCUT2D eigenvalue weighted by Crippen LogP contribution is -2.27. The van der Waals surface area contributed by atoms with Gasteiger partial charge in [0.2, 0.25) is 11.0 Å². The van der Waals surface area contributed by atoms with E-state index in [0.717, 1.165) is 47.9 Å². The predicted molar refractivity (Wildman–Crippen MR) is 197 cm³/mol. The van der Waals surface area contributed by atoms with Gasteiger partial charge in [-0.1, -0.05) is 68.4 Å². The molecule has 0 spiro atoms. The minimum absolute atomic E-state index is 0.141. The molecule has 6 rings (SSSR count). The zero-order valence-electron chi connectivity index (χ0n) is 28.5. The molecule has 0 aromatic heterocycles. The van der Waals surface area contributed by atoms with Gasteiger partial charge in [-0.2, -0.15) is 13.0 Å². The van der Waals surface area contributed by atoms with Crippen LogP contribution in [0.2, 0.25) is 0 Å². The Hall–Kier alpha value is -4.72. The Morgan fingerprint density at radius 1 is 0.750 bits per heavy atom. The monoisotopic (exact) mass is 659 g/mol. The predicted octanol–water partition coefficient (Wildman–Crippen LogP) is 9.47. The summed E-state index contributed by atoms with van der Waals surface area (Å²) < 4.78 is 44.8. The zero-order valence-corrected chi connectivity index (χ0v) is 29.4. The van der Waals surface area contributed by atoms with Crippen LogP contribution in [0.15, 0.2) is 106 Å². The van der Waals surface area contributed by atoms with Crippen molar-refractivity contribution in [2.45, 2.75) is 59.3 Å². The van der Waals surface area contributed by atoms with Gasteiger partial charge in [-0.3, -0.25) is 4.55 Å². The molecule has 246 valence electrons. The van der Waals surface area contributed by atoms with E-state index in [-0.39, 0.29) is 4.90 Å². The third-order valence-electron chi connectivity index (χ3n) is 9.32. The van der Waals surface area contributed by atoms with Gasteiger partial charge < -0.3 is 9.32 Å². The molecule has 1 heterocycles. The van der Waals surface area contributed by atoms with Crippen molar-refractivity contribution in [1.29, 1.82) is 0 Å². The van der Waals surface area contributed by atoms with Crippen LogP contribution >= 0.6 is 0 Å². The smallest absolute Gasteiger partial charge is 0.295 e. The Bertz CT molecular complexity index is 2300. The Balaban J connectivity index is 1.71. The average Bonchev–Trinajstić information content (AvgIpc) is 3.08. The summed E-state index contributed by atoms with van der Waals surface area (Å²) in [5.74, 6) is 0.621. The molecule has 0 saturated heterocycles. The van der Waals surface area contributed by atoms with E-state index in [1.165, 1.54) is 39.7 Å². The summed E-state index contributed by atoms with van der Waals surface area (Å²) in [5, 5.41) is 1.73.